The first-order chi connectivity index (χ1) is 8.49. The fourth-order valence-corrected chi connectivity index (χ4v) is 1.69. The van der Waals surface area contributed by atoms with Crippen LogP contribution in [0.25, 0.3) is 11.3 Å². The van der Waals surface area contributed by atoms with Crippen LogP contribution in [0.4, 0.5) is 0 Å². The molecule has 1 aromatic carbocycles. The molecule has 2 rings (SSSR count). The lowest BCUT2D eigenvalue weighted by Gasteiger charge is -2.08. The fraction of sp³-hybridized carbons (Fsp3) is 0.231. The Morgan fingerprint density at radius 2 is 2.06 bits per heavy atom. The number of phenols is 1. The maximum Gasteiger partial charge on any atom is 0.353 e. The number of aromatic amines is 1. The van der Waals surface area contributed by atoms with Gasteiger partial charge in [-0.15, -0.1) is 0 Å². The predicted octanol–water partition coefficient (Wildman–Crippen LogP) is 2.60. The number of carbonyl (C=O) groups is 1. The number of benzene rings is 1. The lowest BCUT2D eigenvalue weighted by atomic mass is 9.99. The minimum atomic E-state index is -1.08. The molecule has 5 nitrogen and oxygen atoms in total. The second-order valence-corrected chi connectivity index (χ2v) is 4.40. The molecular weight excluding hydrogens is 232 g/mol. The van der Waals surface area contributed by atoms with Crippen molar-refractivity contribution in [3.63, 3.8) is 0 Å². The molecule has 3 N–H and O–H groups in total. The summed E-state index contributed by atoms with van der Waals surface area (Å²) >= 11 is 0. The molecule has 1 aromatic heterocycles. The van der Waals surface area contributed by atoms with Gasteiger partial charge in [-0.05, 0) is 29.7 Å². The first-order valence-electron chi connectivity index (χ1n) is 5.61. The van der Waals surface area contributed by atoms with Crippen molar-refractivity contribution in [1.82, 2.24) is 10.2 Å². The highest BCUT2D eigenvalue weighted by molar-refractivity contribution is 5.87. The number of phenolic OH excluding ortho intramolecular Hbond substituents is 1. The van der Waals surface area contributed by atoms with E-state index in [1.807, 2.05) is 26.0 Å². The Hall–Kier alpha value is -2.30. The standard InChI is InChI=1S/C13H14N2O3/c1-7(2)8-3-4-12(16)9(5-8)10-6-11(13(17)18)15-14-10/h3-7,16H,1-2H3,(H,14,15)(H,17,18). The maximum absolute atomic E-state index is 10.8. The van der Waals surface area contributed by atoms with Gasteiger partial charge in [-0.2, -0.15) is 5.10 Å². The predicted molar refractivity (Wildman–Crippen MR) is 66.7 cm³/mol. The zero-order valence-corrected chi connectivity index (χ0v) is 10.1. The molecule has 0 saturated heterocycles. The summed E-state index contributed by atoms with van der Waals surface area (Å²) in [4.78, 5) is 10.8. The summed E-state index contributed by atoms with van der Waals surface area (Å²) < 4.78 is 0. The van der Waals surface area contributed by atoms with E-state index in [-0.39, 0.29) is 11.4 Å². The molecule has 0 spiro atoms. The second-order valence-electron chi connectivity index (χ2n) is 4.40. The van der Waals surface area contributed by atoms with E-state index in [4.69, 9.17) is 5.11 Å². The van der Waals surface area contributed by atoms with Gasteiger partial charge in [-0.3, -0.25) is 5.10 Å². The van der Waals surface area contributed by atoms with Crippen molar-refractivity contribution in [2.24, 2.45) is 0 Å². The molecule has 0 fully saturated rings. The first-order valence-corrected chi connectivity index (χ1v) is 5.61. The normalized spacial score (nSPS) is 10.8. The minimum Gasteiger partial charge on any atom is -0.507 e. The van der Waals surface area contributed by atoms with Crippen molar-refractivity contribution in [2.45, 2.75) is 19.8 Å². The van der Waals surface area contributed by atoms with E-state index in [2.05, 4.69) is 10.2 Å². The van der Waals surface area contributed by atoms with Gasteiger partial charge >= 0.3 is 5.97 Å². The number of carboxylic acid groups (broad SMARTS) is 1. The van der Waals surface area contributed by atoms with Crippen LogP contribution in [0, 0.1) is 0 Å². The summed E-state index contributed by atoms with van der Waals surface area (Å²) in [7, 11) is 0. The molecule has 5 heteroatoms. The Morgan fingerprint density at radius 1 is 1.33 bits per heavy atom. The molecular formula is C13H14N2O3. The van der Waals surface area contributed by atoms with E-state index in [0.717, 1.165) is 5.56 Å². The number of nitrogens with zero attached hydrogens (tertiary/aromatic N) is 1. The number of aromatic carboxylic acids is 1. The number of nitrogens with one attached hydrogen (secondary N) is 1. The van der Waals surface area contributed by atoms with Crippen LogP contribution in [0.1, 0.15) is 35.8 Å². The number of aromatic nitrogens is 2. The molecule has 0 saturated carbocycles. The molecule has 18 heavy (non-hydrogen) atoms. The van der Waals surface area contributed by atoms with E-state index in [1.54, 1.807) is 6.07 Å². The maximum atomic E-state index is 10.8. The number of hydrogen-bond donors (Lipinski definition) is 3. The summed E-state index contributed by atoms with van der Waals surface area (Å²) in [6.07, 6.45) is 0. The largest absolute Gasteiger partial charge is 0.507 e. The van der Waals surface area contributed by atoms with Crippen LogP contribution in [0.2, 0.25) is 0 Å². The number of aromatic hydroxyl groups is 1. The van der Waals surface area contributed by atoms with Crippen LogP contribution in [-0.2, 0) is 0 Å². The third kappa shape index (κ3) is 2.20. The molecule has 0 aliphatic carbocycles. The average Bonchev–Trinajstić information content (AvgIpc) is 2.78. The minimum absolute atomic E-state index is 0.000602. The molecule has 0 amide bonds. The van der Waals surface area contributed by atoms with Crippen molar-refractivity contribution in [1.29, 1.82) is 0 Å². The van der Waals surface area contributed by atoms with Crippen molar-refractivity contribution < 1.29 is 15.0 Å². The lowest BCUT2D eigenvalue weighted by molar-refractivity contribution is 0.0690. The average molecular weight is 246 g/mol. The van der Waals surface area contributed by atoms with Gasteiger partial charge in [-0.25, -0.2) is 4.79 Å². The Bertz CT molecular complexity index is 588. The Balaban J connectivity index is 2.48. The van der Waals surface area contributed by atoms with E-state index in [1.165, 1.54) is 6.07 Å². The number of H-pyrrole nitrogens is 1. The Labute approximate surface area is 104 Å². The topological polar surface area (TPSA) is 86.2 Å². The quantitative estimate of drug-likeness (QED) is 0.777. The molecule has 0 aliphatic rings. The monoisotopic (exact) mass is 246 g/mol. The first kappa shape index (κ1) is 12.2. The molecule has 0 bridgehead atoms. The van der Waals surface area contributed by atoms with Gasteiger partial charge in [-0.1, -0.05) is 19.9 Å². The molecule has 0 unspecified atom stereocenters. The highest BCUT2D eigenvalue weighted by atomic mass is 16.4. The van der Waals surface area contributed by atoms with E-state index in [0.29, 0.717) is 17.2 Å². The van der Waals surface area contributed by atoms with Gasteiger partial charge < -0.3 is 10.2 Å². The molecule has 0 atom stereocenters. The van der Waals surface area contributed by atoms with Crippen molar-refractivity contribution in [3.8, 4) is 17.0 Å². The van der Waals surface area contributed by atoms with Crippen LogP contribution in [-0.4, -0.2) is 26.4 Å². The second kappa shape index (κ2) is 4.52. The van der Waals surface area contributed by atoms with Gasteiger partial charge in [0.1, 0.15) is 11.4 Å². The number of carboxylic acids is 1. The smallest absolute Gasteiger partial charge is 0.353 e. The van der Waals surface area contributed by atoms with E-state index >= 15 is 0 Å². The van der Waals surface area contributed by atoms with Gasteiger partial charge in [0.25, 0.3) is 0 Å². The zero-order chi connectivity index (χ0) is 13.3. The van der Waals surface area contributed by atoms with Gasteiger partial charge in [0.15, 0.2) is 0 Å². The fourth-order valence-electron chi connectivity index (χ4n) is 1.69. The van der Waals surface area contributed by atoms with E-state index < -0.39 is 5.97 Å². The zero-order valence-electron chi connectivity index (χ0n) is 10.1. The summed E-state index contributed by atoms with van der Waals surface area (Å²) in [5, 5.41) is 25.0. The highest BCUT2D eigenvalue weighted by Crippen LogP contribution is 2.31. The van der Waals surface area contributed by atoms with Crippen molar-refractivity contribution in [2.75, 3.05) is 0 Å². The molecule has 0 aliphatic heterocycles. The van der Waals surface area contributed by atoms with Crippen LogP contribution in [0.15, 0.2) is 24.3 Å². The Kier molecular flexibility index (Phi) is 3.06. The van der Waals surface area contributed by atoms with Crippen LogP contribution < -0.4 is 0 Å². The van der Waals surface area contributed by atoms with Crippen LogP contribution in [0.3, 0.4) is 0 Å². The lowest BCUT2D eigenvalue weighted by Crippen LogP contribution is -1.95. The summed E-state index contributed by atoms with van der Waals surface area (Å²) in [5.41, 5.74) is 2.01. The molecule has 0 radical (unpaired) electrons. The highest BCUT2D eigenvalue weighted by Gasteiger charge is 2.13. The summed E-state index contributed by atoms with van der Waals surface area (Å²) in [6.45, 7) is 4.09. The summed E-state index contributed by atoms with van der Waals surface area (Å²) in [6, 6.07) is 6.66. The van der Waals surface area contributed by atoms with Crippen molar-refractivity contribution >= 4 is 5.97 Å². The van der Waals surface area contributed by atoms with Gasteiger partial charge in [0.2, 0.25) is 0 Å². The van der Waals surface area contributed by atoms with Crippen LogP contribution in [0.5, 0.6) is 5.75 Å². The summed E-state index contributed by atoms with van der Waals surface area (Å²) in [5.74, 6) is -0.668. The molecule has 1 heterocycles. The molecule has 94 valence electrons. The molecule has 2 aromatic rings. The number of hydrogen-bond acceptors (Lipinski definition) is 3. The van der Waals surface area contributed by atoms with Crippen LogP contribution >= 0.6 is 0 Å². The van der Waals surface area contributed by atoms with E-state index in [9.17, 15) is 9.90 Å². The third-order valence-corrected chi connectivity index (χ3v) is 2.77. The van der Waals surface area contributed by atoms with Gasteiger partial charge in [0, 0.05) is 5.56 Å². The third-order valence-electron chi connectivity index (χ3n) is 2.77. The Morgan fingerprint density at radius 3 is 2.61 bits per heavy atom. The van der Waals surface area contributed by atoms with Gasteiger partial charge in [0.05, 0.1) is 5.69 Å². The SMILES string of the molecule is CC(C)c1ccc(O)c(-c2cc(C(=O)O)[nH]n2)c1. The number of rotatable bonds is 3. The van der Waals surface area contributed by atoms with Crippen molar-refractivity contribution in [3.05, 3.63) is 35.5 Å².